The number of anilines is 1. The molecule has 1 aliphatic heterocycles. The molecule has 10 heteroatoms. The standard InChI is InChI=1S/C27H22N2O8/c1-17-2-4-19(5-3-17)27(33)37-23-12-6-18(7-13-23)24(30)16-36-26(32)20-14-25(31)28(15-20)21-8-10-22(11-9-21)29(34)35/h2-13,20H,14-16H2,1H3/t20-/m1/s1. The van der Waals surface area contributed by atoms with E-state index in [9.17, 15) is 29.3 Å². The van der Waals surface area contributed by atoms with E-state index >= 15 is 0 Å². The second-order valence-corrected chi connectivity index (χ2v) is 8.49. The highest BCUT2D eigenvalue weighted by atomic mass is 16.6. The number of ether oxygens (including phenoxy) is 2. The molecule has 3 aromatic rings. The number of nitro groups is 1. The molecule has 0 unspecified atom stereocenters. The SMILES string of the molecule is Cc1ccc(C(=O)Oc2ccc(C(=O)COC(=O)[C@@H]3CC(=O)N(c4ccc([N+](=O)[O-])cc4)C3)cc2)cc1. The van der Waals surface area contributed by atoms with Crippen LogP contribution < -0.4 is 9.64 Å². The van der Waals surface area contributed by atoms with E-state index in [1.165, 1.54) is 53.4 Å². The van der Waals surface area contributed by atoms with Crippen molar-refractivity contribution in [2.75, 3.05) is 18.1 Å². The van der Waals surface area contributed by atoms with Gasteiger partial charge in [0.25, 0.3) is 5.69 Å². The van der Waals surface area contributed by atoms with Gasteiger partial charge in [0.1, 0.15) is 5.75 Å². The summed E-state index contributed by atoms with van der Waals surface area (Å²) in [5.41, 5.74) is 2.00. The Balaban J connectivity index is 1.28. The predicted molar refractivity (Wildman–Crippen MR) is 131 cm³/mol. The molecule has 1 aliphatic rings. The van der Waals surface area contributed by atoms with E-state index < -0.39 is 35.2 Å². The Hall–Kier alpha value is -4.86. The number of carbonyl (C=O) groups is 4. The molecule has 0 N–H and O–H groups in total. The number of non-ortho nitro benzene ring substituents is 1. The molecule has 0 aliphatic carbocycles. The number of rotatable bonds is 8. The Kier molecular flexibility index (Phi) is 7.38. The first-order chi connectivity index (χ1) is 17.7. The summed E-state index contributed by atoms with van der Waals surface area (Å²) in [6.45, 7) is 1.44. The van der Waals surface area contributed by atoms with Crippen molar-refractivity contribution in [1.29, 1.82) is 0 Å². The zero-order valence-corrected chi connectivity index (χ0v) is 19.8. The molecule has 1 saturated heterocycles. The number of amides is 1. The van der Waals surface area contributed by atoms with E-state index in [0.717, 1.165) is 5.56 Å². The number of Topliss-reactive ketones (excluding diaryl/α,β-unsaturated/α-hetero) is 1. The van der Waals surface area contributed by atoms with E-state index in [2.05, 4.69) is 0 Å². The highest BCUT2D eigenvalue weighted by molar-refractivity contribution is 6.01. The fourth-order valence-corrected chi connectivity index (χ4v) is 3.77. The Morgan fingerprint density at radius 2 is 1.57 bits per heavy atom. The van der Waals surface area contributed by atoms with Crippen LogP contribution in [0.2, 0.25) is 0 Å². The molecule has 4 rings (SSSR count). The number of nitro benzene ring substituents is 1. The van der Waals surface area contributed by atoms with Gasteiger partial charge in [-0.1, -0.05) is 17.7 Å². The van der Waals surface area contributed by atoms with Gasteiger partial charge in [0.15, 0.2) is 12.4 Å². The first-order valence-corrected chi connectivity index (χ1v) is 11.3. The summed E-state index contributed by atoms with van der Waals surface area (Å²) in [5, 5.41) is 10.8. The number of carbonyl (C=O) groups excluding carboxylic acids is 4. The molecule has 1 heterocycles. The monoisotopic (exact) mass is 502 g/mol. The highest BCUT2D eigenvalue weighted by Gasteiger charge is 2.36. The fraction of sp³-hybridized carbons (Fsp3) is 0.185. The normalized spacial score (nSPS) is 14.8. The molecule has 1 amide bonds. The fourth-order valence-electron chi connectivity index (χ4n) is 3.77. The number of hydrogen-bond acceptors (Lipinski definition) is 8. The van der Waals surface area contributed by atoms with Gasteiger partial charge in [-0.3, -0.25) is 24.5 Å². The van der Waals surface area contributed by atoms with E-state index in [1.807, 2.05) is 6.92 Å². The topological polar surface area (TPSA) is 133 Å². The first-order valence-electron chi connectivity index (χ1n) is 11.3. The highest BCUT2D eigenvalue weighted by Crippen LogP contribution is 2.27. The van der Waals surface area contributed by atoms with Crippen molar-refractivity contribution in [3.63, 3.8) is 0 Å². The van der Waals surface area contributed by atoms with Gasteiger partial charge in [-0.2, -0.15) is 0 Å². The van der Waals surface area contributed by atoms with Crippen LogP contribution in [0, 0.1) is 23.0 Å². The van der Waals surface area contributed by atoms with Crippen molar-refractivity contribution in [1.82, 2.24) is 0 Å². The summed E-state index contributed by atoms with van der Waals surface area (Å²) in [6.07, 6.45) is -0.0922. The Morgan fingerprint density at radius 1 is 0.946 bits per heavy atom. The molecule has 10 nitrogen and oxygen atoms in total. The van der Waals surface area contributed by atoms with Crippen molar-refractivity contribution < 1.29 is 33.6 Å². The van der Waals surface area contributed by atoms with Crippen LogP contribution in [0.3, 0.4) is 0 Å². The molecular weight excluding hydrogens is 480 g/mol. The van der Waals surface area contributed by atoms with Gasteiger partial charge >= 0.3 is 11.9 Å². The Morgan fingerprint density at radius 3 is 2.19 bits per heavy atom. The summed E-state index contributed by atoms with van der Waals surface area (Å²) < 4.78 is 10.5. The molecular formula is C27H22N2O8. The Labute approximate surface area is 211 Å². The molecule has 1 atom stereocenters. The number of nitrogens with zero attached hydrogens (tertiary/aromatic N) is 2. The average molecular weight is 502 g/mol. The van der Waals surface area contributed by atoms with Gasteiger partial charge < -0.3 is 14.4 Å². The quantitative estimate of drug-likeness (QED) is 0.149. The van der Waals surface area contributed by atoms with E-state index in [4.69, 9.17) is 9.47 Å². The molecule has 0 radical (unpaired) electrons. The third kappa shape index (κ3) is 6.04. The molecule has 1 fully saturated rings. The summed E-state index contributed by atoms with van der Waals surface area (Å²) in [4.78, 5) is 61.2. The van der Waals surface area contributed by atoms with Crippen LogP contribution in [0.15, 0.2) is 72.8 Å². The molecule has 188 valence electrons. The van der Waals surface area contributed by atoms with Crippen molar-refractivity contribution in [3.8, 4) is 5.75 Å². The van der Waals surface area contributed by atoms with Crippen LogP contribution in [0.4, 0.5) is 11.4 Å². The van der Waals surface area contributed by atoms with Gasteiger partial charge in [-0.25, -0.2) is 4.79 Å². The largest absolute Gasteiger partial charge is 0.457 e. The minimum atomic E-state index is -0.765. The lowest BCUT2D eigenvalue weighted by atomic mass is 10.1. The van der Waals surface area contributed by atoms with Gasteiger partial charge in [0, 0.05) is 36.3 Å². The van der Waals surface area contributed by atoms with E-state index in [-0.39, 0.29) is 35.9 Å². The van der Waals surface area contributed by atoms with E-state index in [1.54, 1.807) is 24.3 Å². The number of ketones is 1. The smallest absolute Gasteiger partial charge is 0.343 e. The van der Waals surface area contributed by atoms with Crippen molar-refractivity contribution in [3.05, 3.63) is 99.6 Å². The first kappa shape index (κ1) is 25.2. The van der Waals surface area contributed by atoms with Crippen LogP contribution in [0.1, 0.15) is 32.7 Å². The minimum absolute atomic E-state index is 0.0463. The second kappa shape index (κ2) is 10.8. The maximum Gasteiger partial charge on any atom is 0.343 e. The van der Waals surface area contributed by atoms with Gasteiger partial charge in [0.2, 0.25) is 5.91 Å². The van der Waals surface area contributed by atoms with Crippen molar-refractivity contribution >= 4 is 35.0 Å². The molecule has 0 bridgehead atoms. The van der Waals surface area contributed by atoms with Gasteiger partial charge in [0.05, 0.1) is 16.4 Å². The summed E-state index contributed by atoms with van der Waals surface area (Å²) in [6, 6.07) is 18.2. The minimum Gasteiger partial charge on any atom is -0.457 e. The third-order valence-electron chi connectivity index (χ3n) is 5.85. The third-order valence-corrected chi connectivity index (χ3v) is 5.85. The predicted octanol–water partition coefficient (Wildman–Crippen LogP) is 3.90. The lowest BCUT2D eigenvalue weighted by Crippen LogP contribution is -2.27. The lowest BCUT2D eigenvalue weighted by molar-refractivity contribution is -0.384. The van der Waals surface area contributed by atoms with Crippen molar-refractivity contribution in [2.45, 2.75) is 13.3 Å². The molecule has 0 saturated carbocycles. The average Bonchev–Trinajstić information content (AvgIpc) is 3.29. The van der Waals surface area contributed by atoms with Crippen LogP contribution in [-0.4, -0.2) is 41.7 Å². The summed E-state index contributed by atoms with van der Waals surface area (Å²) in [7, 11) is 0. The second-order valence-electron chi connectivity index (χ2n) is 8.49. The zero-order chi connectivity index (χ0) is 26.5. The number of aryl methyl sites for hydroxylation is 1. The maximum atomic E-state index is 12.5. The summed E-state index contributed by atoms with van der Waals surface area (Å²) in [5.74, 6) is -2.50. The van der Waals surface area contributed by atoms with Crippen LogP contribution in [-0.2, 0) is 14.3 Å². The molecule has 3 aromatic carbocycles. The van der Waals surface area contributed by atoms with Crippen LogP contribution in [0.25, 0.3) is 0 Å². The lowest BCUT2D eigenvalue weighted by Gasteiger charge is -2.16. The summed E-state index contributed by atoms with van der Waals surface area (Å²) >= 11 is 0. The zero-order valence-electron chi connectivity index (χ0n) is 19.8. The van der Waals surface area contributed by atoms with Gasteiger partial charge in [-0.15, -0.1) is 0 Å². The maximum absolute atomic E-state index is 12.5. The number of esters is 2. The Bertz CT molecular complexity index is 1350. The number of hydrogen-bond donors (Lipinski definition) is 0. The number of benzene rings is 3. The van der Waals surface area contributed by atoms with Gasteiger partial charge in [-0.05, 0) is 55.5 Å². The molecule has 0 spiro atoms. The van der Waals surface area contributed by atoms with Crippen molar-refractivity contribution in [2.24, 2.45) is 5.92 Å². The molecule has 0 aromatic heterocycles. The van der Waals surface area contributed by atoms with Crippen LogP contribution >= 0.6 is 0 Å². The molecule has 37 heavy (non-hydrogen) atoms. The van der Waals surface area contributed by atoms with E-state index in [0.29, 0.717) is 11.3 Å². The van der Waals surface area contributed by atoms with Crippen LogP contribution in [0.5, 0.6) is 5.75 Å².